The van der Waals surface area contributed by atoms with Crippen molar-refractivity contribution in [3.05, 3.63) is 52.9 Å². The number of hydrogen-bond donors (Lipinski definition) is 2. The zero-order valence-corrected chi connectivity index (χ0v) is 10.8. The fourth-order valence-corrected chi connectivity index (χ4v) is 2.81. The summed E-state index contributed by atoms with van der Waals surface area (Å²) in [6.45, 7) is 3.72. The molecule has 1 aliphatic heterocycles. The lowest BCUT2D eigenvalue weighted by Gasteiger charge is -2.25. The first-order chi connectivity index (χ1) is 10.1. The Morgan fingerprint density at radius 3 is 2.62 bits per heavy atom. The van der Waals surface area contributed by atoms with Crippen LogP contribution in [0.25, 0.3) is 21.7 Å². The maximum atomic E-state index is 12.1. The molecule has 104 valence electrons. The maximum absolute atomic E-state index is 12.1. The normalized spacial score (nSPS) is 16.3. The molecule has 0 amide bonds. The summed E-state index contributed by atoms with van der Waals surface area (Å²) in [4.78, 5) is 12.1. The smallest absolute Gasteiger partial charge is 0.344 e. The molecule has 0 fully saturated rings. The molecule has 3 aromatic rings. The summed E-state index contributed by atoms with van der Waals surface area (Å²) < 4.78 is 11.0. The maximum Gasteiger partial charge on any atom is 0.344 e. The van der Waals surface area contributed by atoms with Crippen molar-refractivity contribution in [2.75, 3.05) is 0 Å². The van der Waals surface area contributed by atoms with Gasteiger partial charge < -0.3 is 19.4 Å². The van der Waals surface area contributed by atoms with Gasteiger partial charge in [-0.1, -0.05) is 12.6 Å². The van der Waals surface area contributed by atoms with Crippen molar-refractivity contribution in [2.24, 2.45) is 0 Å². The molecule has 2 heterocycles. The Hall–Kier alpha value is -2.95. The van der Waals surface area contributed by atoms with Crippen molar-refractivity contribution >= 4 is 21.7 Å². The average Bonchev–Trinajstić information content (AvgIpc) is 2.49. The van der Waals surface area contributed by atoms with Crippen LogP contribution in [0.15, 0.2) is 46.1 Å². The molecule has 1 aromatic heterocycles. The summed E-state index contributed by atoms with van der Waals surface area (Å²) in [5.74, 6) is -0.00426. The van der Waals surface area contributed by atoms with Gasteiger partial charge in [0.1, 0.15) is 6.10 Å². The summed E-state index contributed by atoms with van der Waals surface area (Å²) >= 11 is 0. The van der Waals surface area contributed by atoms with Crippen LogP contribution in [0.3, 0.4) is 0 Å². The van der Waals surface area contributed by atoms with Gasteiger partial charge in [-0.2, -0.15) is 0 Å². The van der Waals surface area contributed by atoms with E-state index in [0.717, 1.165) is 5.56 Å². The minimum atomic E-state index is -0.591. The molecule has 0 saturated heterocycles. The molecule has 4 rings (SSSR count). The SMILES string of the molecule is C=CC1Oc2c(O)ccc3c(=O)oc4c(O)ccc1c4c23. The number of phenolic OH excluding ortho intramolecular Hbond substituents is 2. The van der Waals surface area contributed by atoms with Gasteiger partial charge in [-0.3, -0.25) is 0 Å². The van der Waals surface area contributed by atoms with Crippen LogP contribution in [0.5, 0.6) is 17.2 Å². The van der Waals surface area contributed by atoms with Crippen LogP contribution in [-0.2, 0) is 0 Å². The molecule has 0 radical (unpaired) electrons. The van der Waals surface area contributed by atoms with E-state index in [9.17, 15) is 15.0 Å². The quantitative estimate of drug-likeness (QED) is 0.407. The van der Waals surface area contributed by atoms with Gasteiger partial charge in [0.25, 0.3) is 0 Å². The second-order valence-electron chi connectivity index (χ2n) is 4.88. The van der Waals surface area contributed by atoms with Crippen molar-refractivity contribution < 1.29 is 19.4 Å². The average molecular weight is 282 g/mol. The van der Waals surface area contributed by atoms with E-state index in [1.54, 1.807) is 12.1 Å². The Bertz CT molecular complexity index is 984. The van der Waals surface area contributed by atoms with Gasteiger partial charge in [-0.25, -0.2) is 4.79 Å². The molecule has 0 saturated carbocycles. The molecular weight excluding hydrogens is 272 g/mol. The number of rotatable bonds is 1. The summed E-state index contributed by atoms with van der Waals surface area (Å²) in [5, 5.41) is 21.3. The summed E-state index contributed by atoms with van der Waals surface area (Å²) in [6, 6.07) is 6.00. The van der Waals surface area contributed by atoms with Gasteiger partial charge in [-0.05, 0) is 24.3 Å². The van der Waals surface area contributed by atoms with Gasteiger partial charge in [0.15, 0.2) is 22.8 Å². The van der Waals surface area contributed by atoms with Crippen LogP contribution >= 0.6 is 0 Å². The predicted octanol–water partition coefficient (Wildman–Crippen LogP) is 2.98. The van der Waals surface area contributed by atoms with E-state index in [-0.39, 0.29) is 22.8 Å². The Morgan fingerprint density at radius 2 is 1.86 bits per heavy atom. The van der Waals surface area contributed by atoms with E-state index in [0.29, 0.717) is 16.2 Å². The van der Waals surface area contributed by atoms with Crippen LogP contribution < -0.4 is 10.4 Å². The summed E-state index contributed by atoms with van der Waals surface area (Å²) in [6.07, 6.45) is 1.09. The van der Waals surface area contributed by atoms with Crippen LogP contribution in [0.2, 0.25) is 0 Å². The Morgan fingerprint density at radius 1 is 1.10 bits per heavy atom. The molecule has 1 aliphatic rings. The zero-order chi connectivity index (χ0) is 14.7. The van der Waals surface area contributed by atoms with E-state index >= 15 is 0 Å². The zero-order valence-electron chi connectivity index (χ0n) is 10.8. The second-order valence-corrected chi connectivity index (χ2v) is 4.88. The van der Waals surface area contributed by atoms with Gasteiger partial charge in [0, 0.05) is 16.3 Å². The molecule has 0 spiro atoms. The third-order valence-corrected chi connectivity index (χ3v) is 3.74. The third kappa shape index (κ3) is 1.37. The lowest BCUT2D eigenvalue weighted by molar-refractivity contribution is 0.245. The van der Waals surface area contributed by atoms with Crippen molar-refractivity contribution in [1.29, 1.82) is 0 Å². The molecule has 2 aromatic carbocycles. The Balaban J connectivity index is 2.40. The van der Waals surface area contributed by atoms with Crippen molar-refractivity contribution in [3.8, 4) is 17.2 Å². The molecule has 21 heavy (non-hydrogen) atoms. The summed E-state index contributed by atoms with van der Waals surface area (Å²) in [5.41, 5.74) is 0.225. The number of hydrogen-bond acceptors (Lipinski definition) is 5. The molecule has 0 aliphatic carbocycles. The Kier molecular flexibility index (Phi) is 2.14. The second kappa shape index (κ2) is 3.79. The highest BCUT2D eigenvalue weighted by Crippen LogP contribution is 2.47. The minimum Gasteiger partial charge on any atom is -0.504 e. The Labute approximate surface area is 118 Å². The lowest BCUT2D eigenvalue weighted by atomic mass is 9.95. The minimum absolute atomic E-state index is 0.0738. The number of benzene rings is 2. The topological polar surface area (TPSA) is 79.9 Å². The van der Waals surface area contributed by atoms with Crippen LogP contribution in [-0.4, -0.2) is 10.2 Å². The molecule has 1 unspecified atom stereocenters. The first-order valence-electron chi connectivity index (χ1n) is 6.35. The third-order valence-electron chi connectivity index (χ3n) is 3.74. The van der Waals surface area contributed by atoms with E-state index < -0.39 is 11.7 Å². The van der Waals surface area contributed by atoms with Crippen molar-refractivity contribution in [3.63, 3.8) is 0 Å². The number of ether oxygens (including phenoxy) is 1. The van der Waals surface area contributed by atoms with Crippen molar-refractivity contribution in [1.82, 2.24) is 0 Å². The van der Waals surface area contributed by atoms with Gasteiger partial charge >= 0.3 is 5.63 Å². The molecule has 1 atom stereocenters. The first-order valence-corrected chi connectivity index (χ1v) is 6.35. The van der Waals surface area contributed by atoms with E-state index in [1.165, 1.54) is 18.2 Å². The highest BCUT2D eigenvalue weighted by Gasteiger charge is 2.28. The van der Waals surface area contributed by atoms with E-state index in [4.69, 9.17) is 9.15 Å². The highest BCUT2D eigenvalue weighted by molar-refractivity contribution is 6.12. The molecule has 5 nitrogen and oxygen atoms in total. The number of aromatic hydroxyl groups is 2. The standard InChI is InChI=1S/C16H10O5/c1-2-11-7-3-5-10(18)15-12(7)13-8(16(19)21-15)4-6-9(17)14(13)20-11/h2-6,11,17-18H,1H2. The molecular formula is C16H10O5. The van der Waals surface area contributed by atoms with Crippen molar-refractivity contribution in [2.45, 2.75) is 6.10 Å². The monoisotopic (exact) mass is 282 g/mol. The molecule has 5 heteroatoms. The fourth-order valence-electron chi connectivity index (χ4n) is 2.81. The van der Waals surface area contributed by atoms with Gasteiger partial charge in [-0.15, -0.1) is 0 Å². The number of phenols is 2. The fraction of sp³-hybridized carbons (Fsp3) is 0.0625. The molecule has 2 N–H and O–H groups in total. The highest BCUT2D eigenvalue weighted by atomic mass is 16.5. The summed E-state index contributed by atoms with van der Waals surface area (Å²) in [7, 11) is 0. The molecule has 0 bridgehead atoms. The predicted molar refractivity (Wildman–Crippen MR) is 76.9 cm³/mol. The van der Waals surface area contributed by atoms with E-state index in [2.05, 4.69) is 6.58 Å². The van der Waals surface area contributed by atoms with Gasteiger partial charge in [0.2, 0.25) is 0 Å². The lowest BCUT2D eigenvalue weighted by Crippen LogP contribution is -2.12. The van der Waals surface area contributed by atoms with E-state index in [1.807, 2.05) is 0 Å². The largest absolute Gasteiger partial charge is 0.504 e. The van der Waals surface area contributed by atoms with Crippen LogP contribution in [0.1, 0.15) is 11.7 Å². The van der Waals surface area contributed by atoms with Crippen LogP contribution in [0, 0.1) is 0 Å². The van der Waals surface area contributed by atoms with Crippen LogP contribution in [0.4, 0.5) is 0 Å². The van der Waals surface area contributed by atoms with Gasteiger partial charge in [0.05, 0.1) is 5.39 Å². The first kappa shape index (κ1) is 11.8.